The monoisotopic (exact) mass is 162 g/mol. The SMILES string of the molecule is CC(C)(O)P1(=O)CCCC1. The van der Waals surface area contributed by atoms with E-state index in [1.54, 1.807) is 13.8 Å². The van der Waals surface area contributed by atoms with Crippen LogP contribution in [0, 0.1) is 0 Å². The van der Waals surface area contributed by atoms with Crippen LogP contribution in [0.25, 0.3) is 0 Å². The second kappa shape index (κ2) is 2.35. The largest absolute Gasteiger partial charge is 0.383 e. The van der Waals surface area contributed by atoms with E-state index in [1.807, 2.05) is 0 Å². The van der Waals surface area contributed by atoms with E-state index in [0.717, 1.165) is 25.2 Å². The van der Waals surface area contributed by atoms with E-state index in [0.29, 0.717) is 0 Å². The average molecular weight is 162 g/mol. The molecule has 1 rings (SSSR count). The lowest BCUT2D eigenvalue weighted by Crippen LogP contribution is -2.19. The van der Waals surface area contributed by atoms with E-state index in [4.69, 9.17) is 0 Å². The molecule has 0 saturated carbocycles. The number of hydrogen-bond acceptors (Lipinski definition) is 2. The molecule has 1 N–H and O–H groups in total. The molecule has 1 aliphatic rings. The lowest BCUT2D eigenvalue weighted by Gasteiger charge is -2.25. The second-order valence-electron chi connectivity index (χ2n) is 3.54. The maximum atomic E-state index is 11.8. The molecule has 1 saturated heterocycles. The van der Waals surface area contributed by atoms with Gasteiger partial charge < -0.3 is 9.67 Å². The Kier molecular flexibility index (Phi) is 1.95. The highest BCUT2D eigenvalue weighted by Crippen LogP contribution is 2.60. The Balaban J connectivity index is 2.78. The van der Waals surface area contributed by atoms with Gasteiger partial charge in [0.1, 0.15) is 12.5 Å². The van der Waals surface area contributed by atoms with Crippen molar-refractivity contribution in [3.63, 3.8) is 0 Å². The van der Waals surface area contributed by atoms with Gasteiger partial charge in [-0.2, -0.15) is 0 Å². The Labute approximate surface area is 62.0 Å². The van der Waals surface area contributed by atoms with Gasteiger partial charge in [0.2, 0.25) is 0 Å². The van der Waals surface area contributed by atoms with Gasteiger partial charge >= 0.3 is 0 Å². The first-order chi connectivity index (χ1) is 4.46. The van der Waals surface area contributed by atoms with Crippen molar-refractivity contribution in [3.8, 4) is 0 Å². The molecule has 1 aliphatic heterocycles. The quantitative estimate of drug-likeness (QED) is 0.597. The summed E-state index contributed by atoms with van der Waals surface area (Å²) in [7, 11) is -2.20. The maximum absolute atomic E-state index is 11.8. The Morgan fingerprint density at radius 3 is 1.90 bits per heavy atom. The summed E-state index contributed by atoms with van der Waals surface area (Å²) in [6, 6.07) is 0. The smallest absolute Gasteiger partial charge is 0.117 e. The first-order valence-electron chi connectivity index (χ1n) is 3.76. The zero-order valence-electron chi connectivity index (χ0n) is 6.63. The highest BCUT2D eigenvalue weighted by Gasteiger charge is 2.40. The van der Waals surface area contributed by atoms with Gasteiger partial charge in [-0.05, 0) is 26.7 Å². The van der Waals surface area contributed by atoms with Crippen LogP contribution in [-0.4, -0.2) is 22.8 Å². The summed E-state index contributed by atoms with van der Waals surface area (Å²) < 4.78 is 11.8. The van der Waals surface area contributed by atoms with Gasteiger partial charge in [0.25, 0.3) is 0 Å². The van der Waals surface area contributed by atoms with Crippen molar-refractivity contribution in [2.45, 2.75) is 32.0 Å². The Morgan fingerprint density at radius 2 is 1.70 bits per heavy atom. The van der Waals surface area contributed by atoms with E-state index in [-0.39, 0.29) is 0 Å². The van der Waals surface area contributed by atoms with Crippen LogP contribution in [0.5, 0.6) is 0 Å². The minimum absolute atomic E-state index is 0.747. The van der Waals surface area contributed by atoms with Crippen molar-refractivity contribution < 1.29 is 9.67 Å². The summed E-state index contributed by atoms with van der Waals surface area (Å²) in [4.78, 5) is 0. The van der Waals surface area contributed by atoms with Crippen molar-refractivity contribution in [3.05, 3.63) is 0 Å². The lowest BCUT2D eigenvalue weighted by molar-refractivity contribution is 0.163. The summed E-state index contributed by atoms with van der Waals surface area (Å²) in [6.45, 7) is 3.33. The lowest BCUT2D eigenvalue weighted by atomic mass is 10.4. The molecule has 0 spiro atoms. The normalized spacial score (nSPS) is 25.1. The summed E-state index contributed by atoms with van der Waals surface area (Å²) in [6.07, 6.45) is 3.55. The minimum atomic E-state index is -2.20. The van der Waals surface area contributed by atoms with Crippen LogP contribution in [0.4, 0.5) is 0 Å². The van der Waals surface area contributed by atoms with Crippen LogP contribution >= 0.6 is 7.14 Å². The van der Waals surface area contributed by atoms with Crippen LogP contribution in [0.1, 0.15) is 26.7 Å². The molecule has 0 amide bonds. The fourth-order valence-electron chi connectivity index (χ4n) is 1.39. The zero-order valence-corrected chi connectivity index (χ0v) is 7.53. The zero-order chi connectivity index (χ0) is 7.83. The van der Waals surface area contributed by atoms with Crippen molar-refractivity contribution in [2.75, 3.05) is 12.3 Å². The molecule has 0 aromatic heterocycles. The topological polar surface area (TPSA) is 37.3 Å². The molecule has 60 valence electrons. The third-order valence-electron chi connectivity index (χ3n) is 2.29. The Hall–Kier alpha value is 0.190. The third-order valence-corrected chi connectivity index (χ3v) is 6.36. The van der Waals surface area contributed by atoms with Crippen molar-refractivity contribution in [2.24, 2.45) is 0 Å². The predicted octanol–water partition coefficient (Wildman–Crippen LogP) is 1.87. The summed E-state index contributed by atoms with van der Waals surface area (Å²) in [5.74, 6) is 0. The molecule has 0 aromatic carbocycles. The molecule has 0 unspecified atom stereocenters. The minimum Gasteiger partial charge on any atom is -0.383 e. The summed E-state index contributed by atoms with van der Waals surface area (Å²) in [5, 5.41) is 8.59. The highest BCUT2D eigenvalue weighted by molar-refractivity contribution is 7.65. The third kappa shape index (κ3) is 1.28. The molecule has 0 aromatic rings. The van der Waals surface area contributed by atoms with E-state index in [9.17, 15) is 9.67 Å². The molecule has 1 heterocycles. The molecule has 10 heavy (non-hydrogen) atoms. The second-order valence-corrected chi connectivity index (χ2v) is 7.31. The molecule has 1 fully saturated rings. The first kappa shape index (κ1) is 8.29. The van der Waals surface area contributed by atoms with Crippen LogP contribution in [0.3, 0.4) is 0 Å². The fourth-order valence-corrected chi connectivity index (χ4v) is 4.18. The number of aliphatic hydroxyl groups is 1. The number of rotatable bonds is 1. The predicted molar refractivity (Wildman–Crippen MR) is 42.9 cm³/mol. The maximum Gasteiger partial charge on any atom is 0.117 e. The van der Waals surface area contributed by atoms with Gasteiger partial charge in [-0.15, -0.1) is 0 Å². The Morgan fingerprint density at radius 1 is 1.30 bits per heavy atom. The average Bonchev–Trinajstić information content (AvgIpc) is 2.13. The first-order valence-corrected chi connectivity index (χ1v) is 5.84. The Bertz CT molecular complexity index is 159. The molecular formula is C7H15O2P. The van der Waals surface area contributed by atoms with Gasteiger partial charge in [-0.1, -0.05) is 0 Å². The van der Waals surface area contributed by atoms with E-state index in [1.165, 1.54) is 0 Å². The van der Waals surface area contributed by atoms with Crippen molar-refractivity contribution in [1.82, 2.24) is 0 Å². The molecule has 0 radical (unpaired) electrons. The number of hydrogen-bond donors (Lipinski definition) is 1. The van der Waals surface area contributed by atoms with Gasteiger partial charge in [0.05, 0.1) is 0 Å². The fraction of sp³-hybridized carbons (Fsp3) is 1.00. The van der Waals surface area contributed by atoms with Gasteiger partial charge in [-0.3, -0.25) is 0 Å². The van der Waals surface area contributed by atoms with Crippen LogP contribution in [0.2, 0.25) is 0 Å². The van der Waals surface area contributed by atoms with E-state index in [2.05, 4.69) is 0 Å². The van der Waals surface area contributed by atoms with E-state index < -0.39 is 12.5 Å². The molecule has 3 heteroatoms. The van der Waals surface area contributed by atoms with Gasteiger partial charge in [0.15, 0.2) is 0 Å². The molecular weight excluding hydrogens is 147 g/mol. The van der Waals surface area contributed by atoms with Crippen molar-refractivity contribution >= 4 is 7.14 Å². The molecule has 0 atom stereocenters. The summed E-state index contributed by atoms with van der Waals surface area (Å²) in [5.41, 5.74) is 0. The van der Waals surface area contributed by atoms with Gasteiger partial charge in [-0.25, -0.2) is 0 Å². The van der Waals surface area contributed by atoms with Crippen LogP contribution < -0.4 is 0 Å². The van der Waals surface area contributed by atoms with E-state index >= 15 is 0 Å². The molecule has 0 bridgehead atoms. The highest BCUT2D eigenvalue weighted by atomic mass is 31.2. The van der Waals surface area contributed by atoms with Gasteiger partial charge in [0, 0.05) is 12.3 Å². The molecule has 0 aliphatic carbocycles. The molecule has 2 nitrogen and oxygen atoms in total. The van der Waals surface area contributed by atoms with Crippen molar-refractivity contribution in [1.29, 1.82) is 0 Å². The standard InChI is InChI=1S/C7H15O2P/c1-7(2,8)10(9)5-3-4-6-10/h8H,3-6H2,1-2H3. The van der Waals surface area contributed by atoms with Crippen LogP contribution in [-0.2, 0) is 4.57 Å². The van der Waals surface area contributed by atoms with Crippen LogP contribution in [0.15, 0.2) is 0 Å². The summed E-state index contributed by atoms with van der Waals surface area (Å²) >= 11 is 0.